The number of nitrogens with one attached hydrogen (secondary N) is 1. The second-order valence-corrected chi connectivity index (χ2v) is 9.54. The minimum absolute atomic E-state index is 0.00335. The highest BCUT2D eigenvalue weighted by Crippen LogP contribution is 2.30. The Balaban J connectivity index is 1.97. The number of hydrogen-bond donors (Lipinski definition) is 2. The van der Waals surface area contributed by atoms with Gasteiger partial charge in [-0.15, -0.1) is 10.2 Å². The van der Waals surface area contributed by atoms with Crippen molar-refractivity contribution in [2.75, 3.05) is 11.6 Å². The number of sulfonamides is 1. The van der Waals surface area contributed by atoms with E-state index in [1.807, 2.05) is 6.26 Å². The lowest BCUT2D eigenvalue weighted by Crippen LogP contribution is -2.22. The van der Waals surface area contributed by atoms with Crippen molar-refractivity contribution >= 4 is 56.5 Å². The maximum atomic E-state index is 12.2. The summed E-state index contributed by atoms with van der Waals surface area (Å²) in [6, 6.07) is 5.67. The van der Waals surface area contributed by atoms with Crippen LogP contribution in [0, 0.1) is 0 Å². The summed E-state index contributed by atoms with van der Waals surface area (Å²) in [6.07, 6.45) is 1.91. The normalized spacial score (nSPS) is 12.8. The van der Waals surface area contributed by atoms with Crippen LogP contribution in [0.5, 0.6) is 0 Å². The van der Waals surface area contributed by atoms with Gasteiger partial charge in [0.1, 0.15) is 0 Å². The van der Waals surface area contributed by atoms with Gasteiger partial charge in [-0.1, -0.05) is 34.9 Å². The van der Waals surface area contributed by atoms with Crippen molar-refractivity contribution in [1.82, 2.24) is 10.2 Å². The Morgan fingerprint density at radius 2 is 1.87 bits per heavy atom. The quantitative estimate of drug-likeness (QED) is 0.725. The first-order valence-corrected chi connectivity index (χ1v) is 10.7. The van der Waals surface area contributed by atoms with Gasteiger partial charge in [0.05, 0.1) is 10.1 Å². The number of aromatic nitrogens is 2. The first-order chi connectivity index (χ1) is 10.8. The summed E-state index contributed by atoms with van der Waals surface area (Å²) in [5.74, 6) is -0.209. The number of rotatable bonds is 6. The molecule has 0 fully saturated rings. The number of thioether (sulfide) groups is 2. The molecule has 0 spiro atoms. The van der Waals surface area contributed by atoms with E-state index in [1.165, 1.54) is 59.1 Å². The van der Waals surface area contributed by atoms with E-state index in [1.54, 1.807) is 6.92 Å². The van der Waals surface area contributed by atoms with Gasteiger partial charge in [-0.05, 0) is 37.4 Å². The number of carbonyl (C=O) groups is 1. The molecule has 23 heavy (non-hydrogen) atoms. The number of anilines is 1. The fourth-order valence-corrected chi connectivity index (χ4v) is 4.60. The Kier molecular flexibility index (Phi) is 6.03. The summed E-state index contributed by atoms with van der Waals surface area (Å²) in [5.41, 5.74) is 0.497. The van der Waals surface area contributed by atoms with Gasteiger partial charge in [0.2, 0.25) is 15.9 Å². The fraction of sp³-hybridized carbons (Fsp3) is 0.250. The van der Waals surface area contributed by atoms with Crippen molar-refractivity contribution in [3.63, 3.8) is 0 Å². The minimum Gasteiger partial charge on any atom is -0.325 e. The number of nitrogens with zero attached hydrogens (tertiary/aromatic N) is 2. The molecule has 0 aliphatic carbocycles. The molecule has 7 nitrogen and oxygen atoms in total. The second kappa shape index (κ2) is 7.62. The van der Waals surface area contributed by atoms with Gasteiger partial charge in [-0.2, -0.15) is 0 Å². The van der Waals surface area contributed by atoms with Crippen LogP contribution in [0.3, 0.4) is 0 Å². The second-order valence-electron chi connectivity index (χ2n) is 4.36. The molecular formula is C12H14N4O3S4. The van der Waals surface area contributed by atoms with E-state index in [2.05, 4.69) is 15.5 Å². The molecule has 1 heterocycles. The number of hydrogen-bond acceptors (Lipinski definition) is 8. The van der Waals surface area contributed by atoms with Crippen molar-refractivity contribution < 1.29 is 13.2 Å². The fourth-order valence-electron chi connectivity index (χ4n) is 1.50. The van der Waals surface area contributed by atoms with Crippen LogP contribution in [0.1, 0.15) is 6.92 Å². The molecule has 124 valence electrons. The van der Waals surface area contributed by atoms with E-state index in [4.69, 9.17) is 5.14 Å². The molecule has 0 unspecified atom stereocenters. The zero-order chi connectivity index (χ0) is 17.0. The van der Waals surface area contributed by atoms with E-state index in [0.717, 1.165) is 8.68 Å². The molecule has 0 radical (unpaired) electrons. The first-order valence-electron chi connectivity index (χ1n) is 6.27. The van der Waals surface area contributed by atoms with Crippen LogP contribution in [0.25, 0.3) is 0 Å². The predicted octanol–water partition coefficient (Wildman–Crippen LogP) is 2.03. The molecule has 2 aromatic rings. The third kappa shape index (κ3) is 5.18. The number of amides is 1. The highest BCUT2D eigenvalue weighted by atomic mass is 32.2. The van der Waals surface area contributed by atoms with Gasteiger partial charge in [-0.25, -0.2) is 13.6 Å². The molecule has 0 saturated heterocycles. The zero-order valence-corrected chi connectivity index (χ0v) is 15.5. The predicted molar refractivity (Wildman–Crippen MR) is 93.5 cm³/mol. The van der Waals surface area contributed by atoms with Crippen LogP contribution in [-0.2, 0) is 14.8 Å². The molecular weight excluding hydrogens is 376 g/mol. The van der Waals surface area contributed by atoms with E-state index in [9.17, 15) is 13.2 Å². The molecule has 0 aliphatic heterocycles. The summed E-state index contributed by atoms with van der Waals surface area (Å²) in [4.78, 5) is 12.1. The highest BCUT2D eigenvalue weighted by Gasteiger charge is 2.17. The number of benzene rings is 1. The van der Waals surface area contributed by atoms with Crippen molar-refractivity contribution in [3.8, 4) is 0 Å². The minimum atomic E-state index is -3.74. The van der Waals surface area contributed by atoms with Crippen LogP contribution in [0.4, 0.5) is 5.69 Å². The Bertz CT molecular complexity index is 789. The molecule has 11 heteroatoms. The molecule has 0 bridgehead atoms. The number of primary sulfonamides is 1. The van der Waals surface area contributed by atoms with Gasteiger partial charge >= 0.3 is 0 Å². The SMILES string of the molecule is CSc1nnc(S[C@@H](C)C(=O)Nc2ccc(S(N)(=O)=O)cc2)s1. The van der Waals surface area contributed by atoms with Crippen LogP contribution >= 0.6 is 34.9 Å². The largest absolute Gasteiger partial charge is 0.325 e. The lowest BCUT2D eigenvalue weighted by Gasteiger charge is -2.10. The van der Waals surface area contributed by atoms with Crippen molar-refractivity contribution in [3.05, 3.63) is 24.3 Å². The van der Waals surface area contributed by atoms with Crippen LogP contribution < -0.4 is 10.5 Å². The average Bonchev–Trinajstić information content (AvgIpc) is 2.94. The van der Waals surface area contributed by atoms with E-state index >= 15 is 0 Å². The third-order valence-corrected chi connectivity index (χ3v) is 6.67. The van der Waals surface area contributed by atoms with Crippen molar-refractivity contribution in [2.24, 2.45) is 5.14 Å². The number of nitrogens with two attached hydrogens (primary N) is 1. The average molecular weight is 391 g/mol. The third-order valence-electron chi connectivity index (χ3n) is 2.66. The van der Waals surface area contributed by atoms with Gasteiger partial charge in [0.15, 0.2) is 8.68 Å². The van der Waals surface area contributed by atoms with Crippen LogP contribution in [-0.4, -0.2) is 36.0 Å². The highest BCUT2D eigenvalue weighted by molar-refractivity contribution is 8.03. The Morgan fingerprint density at radius 3 is 2.39 bits per heavy atom. The van der Waals surface area contributed by atoms with E-state index < -0.39 is 10.0 Å². The van der Waals surface area contributed by atoms with Crippen LogP contribution in [0.15, 0.2) is 37.8 Å². The van der Waals surface area contributed by atoms with Gasteiger partial charge < -0.3 is 5.32 Å². The Morgan fingerprint density at radius 1 is 1.26 bits per heavy atom. The van der Waals surface area contributed by atoms with E-state index in [-0.39, 0.29) is 16.1 Å². The maximum Gasteiger partial charge on any atom is 0.238 e. The smallest absolute Gasteiger partial charge is 0.238 e. The maximum absolute atomic E-state index is 12.2. The zero-order valence-electron chi connectivity index (χ0n) is 12.2. The summed E-state index contributed by atoms with van der Waals surface area (Å²) in [5, 5.41) is 15.4. The monoisotopic (exact) mass is 390 g/mol. The summed E-state index contributed by atoms with van der Waals surface area (Å²) >= 11 is 4.25. The molecule has 0 saturated carbocycles. The molecule has 1 aromatic carbocycles. The van der Waals surface area contributed by atoms with Gasteiger partial charge in [0, 0.05) is 5.69 Å². The van der Waals surface area contributed by atoms with E-state index in [0.29, 0.717) is 5.69 Å². The van der Waals surface area contributed by atoms with Gasteiger partial charge in [-0.3, -0.25) is 4.79 Å². The molecule has 1 aromatic heterocycles. The van der Waals surface area contributed by atoms with Crippen molar-refractivity contribution in [2.45, 2.75) is 25.7 Å². The summed E-state index contributed by atoms with van der Waals surface area (Å²) < 4.78 is 23.9. The summed E-state index contributed by atoms with van der Waals surface area (Å²) in [6.45, 7) is 1.76. The topological polar surface area (TPSA) is 115 Å². The molecule has 3 N–H and O–H groups in total. The van der Waals surface area contributed by atoms with Crippen LogP contribution in [0.2, 0.25) is 0 Å². The molecule has 0 aliphatic rings. The molecule has 1 atom stereocenters. The Labute approximate surface area is 146 Å². The molecule has 1 amide bonds. The number of carbonyl (C=O) groups excluding carboxylic acids is 1. The van der Waals surface area contributed by atoms with Gasteiger partial charge in [0.25, 0.3) is 0 Å². The lowest BCUT2D eigenvalue weighted by atomic mass is 10.3. The van der Waals surface area contributed by atoms with Crippen molar-refractivity contribution in [1.29, 1.82) is 0 Å². The standard InChI is InChI=1S/C12H14N4O3S4/c1-7(21-12-16-15-11(20-2)22-12)10(17)14-8-3-5-9(6-4-8)23(13,18)19/h3-7H,1-2H3,(H,14,17)(H2,13,18,19)/t7-/m0/s1. The summed E-state index contributed by atoms with van der Waals surface area (Å²) in [7, 11) is -3.74. The Hall–Kier alpha value is -1.14. The lowest BCUT2D eigenvalue weighted by molar-refractivity contribution is -0.115. The molecule has 2 rings (SSSR count). The first kappa shape index (κ1) is 18.2.